The fourth-order valence-electron chi connectivity index (χ4n) is 2.35. The van der Waals surface area contributed by atoms with E-state index in [9.17, 15) is 4.79 Å². The third kappa shape index (κ3) is 6.89. The molecule has 1 aliphatic heterocycles. The molecule has 1 saturated heterocycles. The van der Waals surface area contributed by atoms with Crippen LogP contribution in [0.1, 0.15) is 33.1 Å². The highest BCUT2D eigenvalue weighted by Gasteiger charge is 2.17. The van der Waals surface area contributed by atoms with Crippen LogP contribution in [0.2, 0.25) is 0 Å². The summed E-state index contributed by atoms with van der Waals surface area (Å²) < 4.78 is 0. The van der Waals surface area contributed by atoms with Gasteiger partial charge in [-0.15, -0.1) is 0 Å². The minimum absolute atomic E-state index is 0.157. The minimum Gasteiger partial charge on any atom is -0.353 e. The zero-order valence-corrected chi connectivity index (χ0v) is 12.5. The molecule has 0 aromatic rings. The van der Waals surface area contributed by atoms with E-state index in [1.165, 1.54) is 0 Å². The number of nitrogens with zero attached hydrogens (tertiary/aromatic N) is 2. The van der Waals surface area contributed by atoms with Crippen LogP contribution in [-0.2, 0) is 4.79 Å². The van der Waals surface area contributed by atoms with Gasteiger partial charge in [0, 0.05) is 19.1 Å². The molecule has 1 atom stereocenters. The lowest BCUT2D eigenvalue weighted by Crippen LogP contribution is -2.42. The number of carbonyl (C=O) groups excluding carboxylic acids is 1. The van der Waals surface area contributed by atoms with Crippen LogP contribution in [0.5, 0.6) is 0 Å². The number of rotatable bonds is 7. The lowest BCUT2D eigenvalue weighted by atomic mass is 10.2. The molecule has 1 unspecified atom stereocenters. The third-order valence-corrected chi connectivity index (χ3v) is 3.75. The first-order valence-corrected chi connectivity index (χ1v) is 7.59. The molecular weight excluding hydrogens is 240 g/mol. The van der Waals surface area contributed by atoms with Gasteiger partial charge in [0.2, 0.25) is 5.91 Å². The molecule has 0 aliphatic carbocycles. The van der Waals surface area contributed by atoms with Crippen molar-refractivity contribution < 1.29 is 4.79 Å². The van der Waals surface area contributed by atoms with Gasteiger partial charge in [-0.25, -0.2) is 0 Å². The quantitative estimate of drug-likeness (QED) is 0.696. The van der Waals surface area contributed by atoms with Gasteiger partial charge in [-0.05, 0) is 52.4 Å². The normalized spacial score (nSPS) is 19.9. The van der Waals surface area contributed by atoms with Gasteiger partial charge in [-0.1, -0.05) is 6.92 Å². The summed E-state index contributed by atoms with van der Waals surface area (Å²) in [6, 6.07) is 0.278. The van der Waals surface area contributed by atoms with Gasteiger partial charge < -0.3 is 16.0 Å². The number of carbonyl (C=O) groups is 1. The van der Waals surface area contributed by atoms with E-state index < -0.39 is 0 Å². The largest absolute Gasteiger partial charge is 0.353 e. The Morgan fingerprint density at radius 1 is 1.26 bits per heavy atom. The summed E-state index contributed by atoms with van der Waals surface area (Å²) in [7, 11) is 0. The second kappa shape index (κ2) is 9.28. The molecular formula is C14H30N4O. The molecule has 0 saturated carbocycles. The fraction of sp³-hybridized carbons (Fsp3) is 0.929. The zero-order chi connectivity index (χ0) is 14.1. The van der Waals surface area contributed by atoms with Crippen molar-refractivity contribution in [3.05, 3.63) is 0 Å². The Hall–Kier alpha value is -0.650. The number of hydrogen-bond donors (Lipinski definition) is 2. The van der Waals surface area contributed by atoms with Crippen molar-refractivity contribution in [1.29, 1.82) is 0 Å². The molecule has 19 heavy (non-hydrogen) atoms. The monoisotopic (exact) mass is 270 g/mol. The summed E-state index contributed by atoms with van der Waals surface area (Å²) >= 11 is 0. The van der Waals surface area contributed by atoms with Crippen molar-refractivity contribution in [1.82, 2.24) is 15.1 Å². The predicted octanol–water partition coefficient (Wildman–Crippen LogP) is 0.258. The standard InChI is InChI=1S/C14H30N4O/c1-3-13(2)16-14(19)12-18-9-5-8-17(10-11-18)7-4-6-15/h13H,3-12,15H2,1-2H3,(H,16,19). The SMILES string of the molecule is CCC(C)NC(=O)CN1CCCN(CCCN)CC1. The highest BCUT2D eigenvalue weighted by Crippen LogP contribution is 2.03. The van der Waals surface area contributed by atoms with Crippen LogP contribution in [0.4, 0.5) is 0 Å². The summed E-state index contributed by atoms with van der Waals surface area (Å²) in [5, 5.41) is 3.03. The second-order valence-corrected chi connectivity index (χ2v) is 5.49. The predicted molar refractivity (Wildman–Crippen MR) is 79.1 cm³/mol. The van der Waals surface area contributed by atoms with Crippen LogP contribution in [-0.4, -0.2) is 67.6 Å². The molecule has 0 radical (unpaired) electrons. The zero-order valence-electron chi connectivity index (χ0n) is 12.5. The molecule has 0 aromatic carbocycles. The van der Waals surface area contributed by atoms with Gasteiger partial charge in [0.15, 0.2) is 0 Å². The van der Waals surface area contributed by atoms with Crippen LogP contribution >= 0.6 is 0 Å². The molecule has 3 N–H and O–H groups in total. The highest BCUT2D eigenvalue weighted by atomic mass is 16.2. The van der Waals surface area contributed by atoms with Gasteiger partial charge >= 0.3 is 0 Å². The Bertz CT molecular complexity index is 260. The van der Waals surface area contributed by atoms with Crippen molar-refractivity contribution in [3.8, 4) is 0 Å². The van der Waals surface area contributed by atoms with Crippen molar-refractivity contribution in [3.63, 3.8) is 0 Å². The Morgan fingerprint density at radius 2 is 1.95 bits per heavy atom. The van der Waals surface area contributed by atoms with E-state index in [0.717, 1.165) is 58.5 Å². The first-order chi connectivity index (χ1) is 9.15. The van der Waals surface area contributed by atoms with Crippen LogP contribution in [0.15, 0.2) is 0 Å². The fourth-order valence-corrected chi connectivity index (χ4v) is 2.35. The van der Waals surface area contributed by atoms with E-state index >= 15 is 0 Å². The summed E-state index contributed by atoms with van der Waals surface area (Å²) in [6.45, 7) is 10.7. The first kappa shape index (κ1) is 16.4. The van der Waals surface area contributed by atoms with Crippen LogP contribution in [0.3, 0.4) is 0 Å². The molecule has 112 valence electrons. The third-order valence-electron chi connectivity index (χ3n) is 3.75. The summed E-state index contributed by atoms with van der Waals surface area (Å²) in [6.07, 6.45) is 3.19. The van der Waals surface area contributed by atoms with E-state index in [2.05, 4.69) is 29.0 Å². The second-order valence-electron chi connectivity index (χ2n) is 5.49. The van der Waals surface area contributed by atoms with Gasteiger partial charge in [0.25, 0.3) is 0 Å². The molecule has 1 aliphatic rings. The number of nitrogens with two attached hydrogens (primary N) is 1. The molecule has 1 fully saturated rings. The summed E-state index contributed by atoms with van der Waals surface area (Å²) in [5.41, 5.74) is 5.55. The number of nitrogens with one attached hydrogen (secondary N) is 1. The Kier molecular flexibility index (Phi) is 8.02. The van der Waals surface area contributed by atoms with Crippen molar-refractivity contribution >= 4 is 5.91 Å². The van der Waals surface area contributed by atoms with Crippen LogP contribution < -0.4 is 11.1 Å². The average molecular weight is 270 g/mol. The van der Waals surface area contributed by atoms with E-state index in [4.69, 9.17) is 5.73 Å². The van der Waals surface area contributed by atoms with Gasteiger partial charge in [0.05, 0.1) is 6.54 Å². The van der Waals surface area contributed by atoms with Crippen molar-refractivity contribution in [2.45, 2.75) is 39.2 Å². The molecule has 0 spiro atoms. The van der Waals surface area contributed by atoms with Crippen LogP contribution in [0.25, 0.3) is 0 Å². The number of amides is 1. The minimum atomic E-state index is 0.157. The highest BCUT2D eigenvalue weighted by molar-refractivity contribution is 5.78. The van der Waals surface area contributed by atoms with Gasteiger partial charge in [0.1, 0.15) is 0 Å². The molecule has 1 amide bonds. The first-order valence-electron chi connectivity index (χ1n) is 7.59. The Morgan fingerprint density at radius 3 is 2.63 bits per heavy atom. The van der Waals surface area contributed by atoms with Gasteiger partial charge in [-0.3, -0.25) is 9.69 Å². The van der Waals surface area contributed by atoms with Crippen molar-refractivity contribution in [2.75, 3.05) is 45.8 Å². The summed E-state index contributed by atoms with van der Waals surface area (Å²) in [4.78, 5) is 16.6. The van der Waals surface area contributed by atoms with E-state index in [1.807, 2.05) is 0 Å². The smallest absolute Gasteiger partial charge is 0.234 e. The lowest BCUT2D eigenvalue weighted by Gasteiger charge is -2.22. The van der Waals surface area contributed by atoms with E-state index in [1.54, 1.807) is 0 Å². The van der Waals surface area contributed by atoms with Crippen LogP contribution in [0, 0.1) is 0 Å². The maximum absolute atomic E-state index is 11.9. The topological polar surface area (TPSA) is 61.6 Å². The molecule has 0 bridgehead atoms. The molecule has 5 nitrogen and oxygen atoms in total. The van der Waals surface area contributed by atoms with E-state index in [-0.39, 0.29) is 11.9 Å². The maximum atomic E-state index is 11.9. The maximum Gasteiger partial charge on any atom is 0.234 e. The molecule has 1 heterocycles. The molecule has 0 aromatic heterocycles. The Labute approximate surface area is 117 Å². The van der Waals surface area contributed by atoms with Gasteiger partial charge in [-0.2, -0.15) is 0 Å². The average Bonchev–Trinajstić information content (AvgIpc) is 2.61. The van der Waals surface area contributed by atoms with E-state index in [0.29, 0.717) is 6.54 Å². The Balaban J connectivity index is 2.26. The molecule has 5 heteroatoms. The van der Waals surface area contributed by atoms with Crippen molar-refractivity contribution in [2.24, 2.45) is 5.73 Å². The lowest BCUT2D eigenvalue weighted by molar-refractivity contribution is -0.122. The molecule has 1 rings (SSSR count). The number of hydrogen-bond acceptors (Lipinski definition) is 4. The summed E-state index contributed by atoms with van der Waals surface area (Å²) in [5.74, 6) is 0.157.